The number of rotatable bonds is 3. The predicted octanol–water partition coefficient (Wildman–Crippen LogP) is 2.68. The van der Waals surface area contributed by atoms with E-state index in [0.717, 1.165) is 10.9 Å². The van der Waals surface area contributed by atoms with Gasteiger partial charge in [-0.05, 0) is 11.1 Å². The van der Waals surface area contributed by atoms with E-state index in [1.165, 1.54) is 0 Å². The van der Waals surface area contributed by atoms with Crippen molar-refractivity contribution in [3.63, 3.8) is 0 Å². The average Bonchev–Trinajstić information content (AvgIpc) is 2.17. The summed E-state index contributed by atoms with van der Waals surface area (Å²) in [5.74, 6) is -0.980. The molecule has 0 aliphatic heterocycles. The van der Waals surface area contributed by atoms with Crippen LogP contribution in [0.4, 0.5) is 0 Å². The van der Waals surface area contributed by atoms with Gasteiger partial charge < -0.3 is 5.11 Å². The minimum atomic E-state index is -0.980. The van der Waals surface area contributed by atoms with Crippen LogP contribution in [0.5, 0.6) is 0 Å². The van der Waals surface area contributed by atoms with Crippen molar-refractivity contribution in [3.05, 3.63) is 42.0 Å². The van der Waals surface area contributed by atoms with Gasteiger partial charge >= 0.3 is 5.97 Å². The fourth-order valence-electron chi connectivity index (χ4n) is 0.918. The molecule has 0 spiro atoms. The zero-order valence-corrected chi connectivity index (χ0v) is 8.54. The first kappa shape index (κ1) is 9.99. The van der Waals surface area contributed by atoms with Gasteiger partial charge in [-0.3, -0.25) is 0 Å². The molecule has 0 saturated carbocycles. The molecule has 0 unspecified atom stereocenters. The summed E-state index contributed by atoms with van der Waals surface area (Å²) in [4.78, 5) is 10.5. The number of halogens is 1. The lowest BCUT2D eigenvalue weighted by molar-refractivity contribution is -0.130. The van der Waals surface area contributed by atoms with Crippen LogP contribution in [-0.2, 0) is 10.1 Å². The Kier molecular flexibility index (Phi) is 3.25. The van der Waals surface area contributed by atoms with E-state index in [2.05, 4.69) is 22.5 Å². The SMILES string of the molecule is C=C(C(=O)O)c1ccc(CBr)cc1. The Morgan fingerprint density at radius 2 is 1.92 bits per heavy atom. The van der Waals surface area contributed by atoms with E-state index in [1.54, 1.807) is 12.1 Å². The fraction of sp³-hybridized carbons (Fsp3) is 0.100. The van der Waals surface area contributed by atoms with E-state index in [1.807, 2.05) is 12.1 Å². The molecular formula is C10H9BrO2. The second-order valence-electron chi connectivity index (χ2n) is 2.61. The average molecular weight is 241 g/mol. The molecule has 0 saturated heterocycles. The first-order valence-corrected chi connectivity index (χ1v) is 4.84. The van der Waals surface area contributed by atoms with Crippen molar-refractivity contribution in [2.45, 2.75) is 5.33 Å². The van der Waals surface area contributed by atoms with Gasteiger partial charge in [0.15, 0.2) is 0 Å². The van der Waals surface area contributed by atoms with E-state index in [9.17, 15) is 4.79 Å². The molecule has 0 amide bonds. The maximum Gasteiger partial charge on any atom is 0.335 e. The molecule has 2 nitrogen and oxygen atoms in total. The molecule has 0 radical (unpaired) electrons. The van der Waals surface area contributed by atoms with Crippen molar-refractivity contribution in [1.82, 2.24) is 0 Å². The normalized spacial score (nSPS) is 9.62. The van der Waals surface area contributed by atoms with Crippen LogP contribution in [0.25, 0.3) is 5.57 Å². The molecule has 0 heterocycles. The van der Waals surface area contributed by atoms with Gasteiger partial charge in [-0.1, -0.05) is 46.8 Å². The minimum Gasteiger partial charge on any atom is -0.478 e. The number of carboxylic acids is 1. The summed E-state index contributed by atoms with van der Waals surface area (Å²) >= 11 is 3.31. The van der Waals surface area contributed by atoms with Crippen LogP contribution in [0.3, 0.4) is 0 Å². The number of hydrogen-bond donors (Lipinski definition) is 1. The smallest absolute Gasteiger partial charge is 0.335 e. The maximum atomic E-state index is 10.5. The third-order valence-electron chi connectivity index (χ3n) is 1.71. The Bertz CT molecular complexity index is 327. The Balaban J connectivity index is 2.92. The van der Waals surface area contributed by atoms with Crippen molar-refractivity contribution in [1.29, 1.82) is 0 Å². The van der Waals surface area contributed by atoms with E-state index in [-0.39, 0.29) is 5.57 Å². The van der Waals surface area contributed by atoms with Crippen molar-refractivity contribution >= 4 is 27.5 Å². The van der Waals surface area contributed by atoms with Crippen LogP contribution >= 0.6 is 15.9 Å². The molecule has 68 valence electrons. The van der Waals surface area contributed by atoms with Gasteiger partial charge in [-0.15, -0.1) is 0 Å². The number of aliphatic carboxylic acids is 1. The van der Waals surface area contributed by atoms with Gasteiger partial charge in [0, 0.05) is 5.33 Å². The fourth-order valence-corrected chi connectivity index (χ4v) is 1.29. The van der Waals surface area contributed by atoms with Gasteiger partial charge in [0.05, 0.1) is 5.57 Å². The Morgan fingerprint density at radius 1 is 1.38 bits per heavy atom. The summed E-state index contributed by atoms with van der Waals surface area (Å²) in [5.41, 5.74) is 1.89. The van der Waals surface area contributed by atoms with Crippen LogP contribution in [-0.4, -0.2) is 11.1 Å². The summed E-state index contributed by atoms with van der Waals surface area (Å²) in [6, 6.07) is 7.26. The Labute approximate surface area is 85.0 Å². The molecule has 0 aliphatic carbocycles. The molecule has 0 aliphatic rings. The molecule has 1 aromatic carbocycles. The standard InChI is InChI=1S/C10H9BrO2/c1-7(10(12)13)9-4-2-8(6-11)3-5-9/h2-5H,1,6H2,(H,12,13). The van der Waals surface area contributed by atoms with Crippen molar-refractivity contribution < 1.29 is 9.90 Å². The van der Waals surface area contributed by atoms with Gasteiger partial charge in [0.2, 0.25) is 0 Å². The second kappa shape index (κ2) is 4.23. The third-order valence-corrected chi connectivity index (χ3v) is 2.36. The van der Waals surface area contributed by atoms with Crippen LogP contribution in [0, 0.1) is 0 Å². The number of hydrogen-bond acceptors (Lipinski definition) is 1. The molecule has 1 aromatic rings. The predicted molar refractivity (Wildman–Crippen MR) is 55.7 cm³/mol. The van der Waals surface area contributed by atoms with Gasteiger partial charge in [0.1, 0.15) is 0 Å². The second-order valence-corrected chi connectivity index (χ2v) is 3.17. The van der Waals surface area contributed by atoms with Crippen molar-refractivity contribution in [2.24, 2.45) is 0 Å². The van der Waals surface area contributed by atoms with Gasteiger partial charge in [0.25, 0.3) is 0 Å². The lowest BCUT2D eigenvalue weighted by atomic mass is 10.1. The monoisotopic (exact) mass is 240 g/mol. The van der Waals surface area contributed by atoms with E-state index >= 15 is 0 Å². The zero-order chi connectivity index (χ0) is 9.84. The zero-order valence-electron chi connectivity index (χ0n) is 6.96. The van der Waals surface area contributed by atoms with Gasteiger partial charge in [-0.25, -0.2) is 4.79 Å². The number of carboxylic acid groups (broad SMARTS) is 1. The molecule has 0 bridgehead atoms. The molecule has 13 heavy (non-hydrogen) atoms. The van der Waals surface area contributed by atoms with Crippen LogP contribution in [0.2, 0.25) is 0 Å². The Hall–Kier alpha value is -1.09. The number of benzene rings is 1. The lowest BCUT2D eigenvalue weighted by Gasteiger charge is -2.00. The first-order chi connectivity index (χ1) is 6.15. The van der Waals surface area contributed by atoms with Crippen molar-refractivity contribution in [2.75, 3.05) is 0 Å². The maximum absolute atomic E-state index is 10.5. The Morgan fingerprint density at radius 3 is 2.31 bits per heavy atom. The molecule has 1 rings (SSSR count). The molecular weight excluding hydrogens is 232 g/mol. The highest BCUT2D eigenvalue weighted by Gasteiger charge is 2.05. The molecule has 1 N–H and O–H groups in total. The topological polar surface area (TPSA) is 37.3 Å². The molecule has 0 fully saturated rings. The molecule has 3 heteroatoms. The summed E-state index contributed by atoms with van der Waals surface area (Å²) < 4.78 is 0. The quantitative estimate of drug-likeness (QED) is 0.652. The minimum absolute atomic E-state index is 0.126. The molecule has 0 aromatic heterocycles. The van der Waals surface area contributed by atoms with E-state index in [4.69, 9.17) is 5.11 Å². The lowest BCUT2D eigenvalue weighted by Crippen LogP contribution is -1.97. The third kappa shape index (κ3) is 2.42. The largest absolute Gasteiger partial charge is 0.478 e. The van der Waals surface area contributed by atoms with Crippen molar-refractivity contribution in [3.8, 4) is 0 Å². The molecule has 0 atom stereocenters. The summed E-state index contributed by atoms with van der Waals surface area (Å²) in [5, 5.41) is 9.42. The van der Waals surface area contributed by atoms with Gasteiger partial charge in [-0.2, -0.15) is 0 Å². The highest BCUT2D eigenvalue weighted by atomic mass is 79.9. The highest BCUT2D eigenvalue weighted by Crippen LogP contribution is 2.14. The summed E-state index contributed by atoms with van der Waals surface area (Å²) in [6.07, 6.45) is 0. The van der Waals surface area contributed by atoms with E-state index in [0.29, 0.717) is 5.56 Å². The van der Waals surface area contributed by atoms with Crippen LogP contribution < -0.4 is 0 Å². The van der Waals surface area contributed by atoms with Crippen LogP contribution in [0.15, 0.2) is 30.8 Å². The van der Waals surface area contributed by atoms with E-state index < -0.39 is 5.97 Å². The first-order valence-electron chi connectivity index (χ1n) is 3.72. The highest BCUT2D eigenvalue weighted by molar-refractivity contribution is 9.08. The van der Waals surface area contributed by atoms with Crippen LogP contribution in [0.1, 0.15) is 11.1 Å². The number of carbonyl (C=O) groups is 1. The number of alkyl halides is 1. The summed E-state index contributed by atoms with van der Waals surface area (Å²) in [7, 11) is 0. The summed E-state index contributed by atoms with van der Waals surface area (Å²) in [6.45, 7) is 3.47.